The summed E-state index contributed by atoms with van der Waals surface area (Å²) in [5.74, 6) is 1.20. The number of rotatable bonds is 6. The highest BCUT2D eigenvalue weighted by Gasteiger charge is 2.23. The van der Waals surface area contributed by atoms with Crippen molar-refractivity contribution in [1.82, 2.24) is 5.32 Å². The summed E-state index contributed by atoms with van der Waals surface area (Å²) in [7, 11) is 0. The van der Waals surface area contributed by atoms with Gasteiger partial charge in [-0.3, -0.25) is 0 Å². The Morgan fingerprint density at radius 3 is 2.40 bits per heavy atom. The fourth-order valence-electron chi connectivity index (χ4n) is 2.31. The van der Waals surface area contributed by atoms with Crippen LogP contribution in [0.5, 0.6) is 0 Å². The van der Waals surface area contributed by atoms with Crippen LogP contribution in [0.25, 0.3) is 0 Å². The van der Waals surface area contributed by atoms with Gasteiger partial charge >= 0.3 is 0 Å². The van der Waals surface area contributed by atoms with Crippen LogP contribution in [0.1, 0.15) is 36.8 Å². The Morgan fingerprint density at radius 2 is 1.85 bits per heavy atom. The van der Waals surface area contributed by atoms with Crippen LogP contribution in [0.15, 0.2) is 47.1 Å². The predicted octanol–water partition coefficient (Wildman–Crippen LogP) is 3.44. The molecule has 2 aromatic rings. The van der Waals surface area contributed by atoms with Crippen LogP contribution >= 0.6 is 0 Å². The van der Waals surface area contributed by atoms with Crippen molar-refractivity contribution in [1.29, 1.82) is 0 Å². The van der Waals surface area contributed by atoms with E-state index in [2.05, 4.69) is 19.2 Å². The third-order valence-electron chi connectivity index (χ3n) is 3.57. The molecule has 3 nitrogen and oxygen atoms in total. The highest BCUT2D eigenvalue weighted by atomic mass is 16.3. The molecule has 0 aliphatic rings. The van der Waals surface area contributed by atoms with Gasteiger partial charge in [-0.2, -0.15) is 0 Å². The second-order valence-electron chi connectivity index (χ2n) is 5.59. The van der Waals surface area contributed by atoms with Gasteiger partial charge in [-0.15, -0.1) is 0 Å². The predicted molar refractivity (Wildman–Crippen MR) is 80.3 cm³/mol. The van der Waals surface area contributed by atoms with Crippen molar-refractivity contribution < 1.29 is 9.52 Å². The third kappa shape index (κ3) is 3.71. The fraction of sp³-hybridized carbons (Fsp3) is 0.412. The first-order valence-electron chi connectivity index (χ1n) is 7.08. The normalized spacial score (nSPS) is 14.4. The average molecular weight is 273 g/mol. The molecule has 0 bridgehead atoms. The molecule has 0 spiro atoms. The van der Waals surface area contributed by atoms with Crippen molar-refractivity contribution >= 4 is 0 Å². The van der Waals surface area contributed by atoms with E-state index in [-0.39, 0.29) is 6.04 Å². The van der Waals surface area contributed by atoms with Crippen LogP contribution in [-0.2, 0) is 6.54 Å². The molecule has 0 radical (unpaired) electrons. The van der Waals surface area contributed by atoms with Crippen LogP contribution in [0.4, 0.5) is 0 Å². The Bertz CT molecular complexity index is 502. The maximum atomic E-state index is 10.6. The summed E-state index contributed by atoms with van der Waals surface area (Å²) < 4.78 is 5.32. The molecule has 0 aliphatic carbocycles. The average Bonchev–Trinajstić information content (AvgIpc) is 2.92. The van der Waals surface area contributed by atoms with Crippen molar-refractivity contribution in [2.45, 2.75) is 39.5 Å². The van der Waals surface area contributed by atoms with Gasteiger partial charge in [0.05, 0.1) is 18.9 Å². The molecule has 1 aromatic heterocycles. The zero-order valence-corrected chi connectivity index (χ0v) is 12.3. The van der Waals surface area contributed by atoms with Crippen molar-refractivity contribution in [2.24, 2.45) is 5.92 Å². The largest absolute Gasteiger partial charge is 0.468 e. The quantitative estimate of drug-likeness (QED) is 0.847. The summed E-state index contributed by atoms with van der Waals surface area (Å²) in [6.07, 6.45) is 1.14. The van der Waals surface area contributed by atoms with Gasteiger partial charge in [0.1, 0.15) is 5.76 Å². The van der Waals surface area contributed by atoms with E-state index in [9.17, 15) is 5.11 Å². The van der Waals surface area contributed by atoms with E-state index in [1.807, 2.05) is 43.3 Å². The first-order chi connectivity index (χ1) is 9.58. The summed E-state index contributed by atoms with van der Waals surface area (Å²) in [5.41, 5.74) is 2.15. The number of aliphatic hydroxyl groups is 1. The molecule has 0 amide bonds. The molecule has 0 saturated carbocycles. The lowest BCUT2D eigenvalue weighted by Gasteiger charge is -2.27. The fourth-order valence-corrected chi connectivity index (χ4v) is 2.31. The molecule has 20 heavy (non-hydrogen) atoms. The number of furan rings is 1. The van der Waals surface area contributed by atoms with Crippen molar-refractivity contribution in [3.63, 3.8) is 0 Å². The van der Waals surface area contributed by atoms with Gasteiger partial charge in [0.15, 0.2) is 0 Å². The lowest BCUT2D eigenvalue weighted by Crippen LogP contribution is -2.38. The number of hydrogen-bond donors (Lipinski definition) is 2. The molecule has 2 atom stereocenters. The van der Waals surface area contributed by atoms with E-state index >= 15 is 0 Å². The zero-order chi connectivity index (χ0) is 14.5. The van der Waals surface area contributed by atoms with Gasteiger partial charge in [-0.25, -0.2) is 0 Å². The third-order valence-corrected chi connectivity index (χ3v) is 3.57. The molecule has 2 unspecified atom stereocenters. The molecule has 2 N–H and O–H groups in total. The van der Waals surface area contributed by atoms with E-state index in [0.717, 1.165) is 11.3 Å². The highest BCUT2D eigenvalue weighted by Crippen LogP contribution is 2.22. The summed E-state index contributed by atoms with van der Waals surface area (Å²) >= 11 is 0. The highest BCUT2D eigenvalue weighted by molar-refractivity contribution is 5.24. The zero-order valence-electron chi connectivity index (χ0n) is 12.3. The molecule has 3 heteroatoms. The van der Waals surface area contributed by atoms with Gasteiger partial charge in [0.25, 0.3) is 0 Å². The van der Waals surface area contributed by atoms with E-state index < -0.39 is 6.10 Å². The Kier molecular flexibility index (Phi) is 4.99. The van der Waals surface area contributed by atoms with Crippen molar-refractivity contribution in [3.8, 4) is 0 Å². The second-order valence-corrected chi connectivity index (χ2v) is 5.59. The summed E-state index contributed by atoms with van der Waals surface area (Å²) in [6, 6.07) is 11.8. The van der Waals surface area contributed by atoms with Crippen LogP contribution in [0.2, 0.25) is 0 Å². The Morgan fingerprint density at radius 1 is 1.15 bits per heavy atom. The maximum absolute atomic E-state index is 10.6. The van der Waals surface area contributed by atoms with Gasteiger partial charge in [0, 0.05) is 6.04 Å². The number of aryl methyl sites for hydroxylation is 1. The first kappa shape index (κ1) is 14.8. The van der Waals surface area contributed by atoms with Gasteiger partial charge in [0.2, 0.25) is 0 Å². The smallest absolute Gasteiger partial charge is 0.117 e. The Hall–Kier alpha value is -1.58. The van der Waals surface area contributed by atoms with Gasteiger partial charge < -0.3 is 14.8 Å². The topological polar surface area (TPSA) is 45.4 Å². The molecule has 0 fully saturated rings. The maximum Gasteiger partial charge on any atom is 0.117 e. The number of aliphatic hydroxyl groups excluding tert-OH is 1. The number of nitrogens with one attached hydrogen (secondary N) is 1. The molecule has 1 aromatic carbocycles. The summed E-state index contributed by atoms with van der Waals surface area (Å²) in [6.45, 7) is 6.89. The minimum atomic E-state index is -0.523. The van der Waals surface area contributed by atoms with E-state index in [4.69, 9.17) is 4.42 Å². The molecule has 108 valence electrons. The van der Waals surface area contributed by atoms with Crippen LogP contribution in [-0.4, -0.2) is 11.1 Å². The summed E-state index contributed by atoms with van der Waals surface area (Å²) in [4.78, 5) is 0. The molecule has 0 saturated heterocycles. The summed E-state index contributed by atoms with van der Waals surface area (Å²) in [5, 5.41) is 14.0. The van der Waals surface area contributed by atoms with Crippen LogP contribution < -0.4 is 5.32 Å². The van der Waals surface area contributed by atoms with Crippen LogP contribution in [0, 0.1) is 12.8 Å². The number of benzene rings is 1. The van der Waals surface area contributed by atoms with E-state index in [1.54, 1.807) is 6.26 Å². The molecule has 2 rings (SSSR count). The standard InChI is InChI=1S/C17H23NO2/c1-12(2)16(18-11-15-5-4-10-20-15)17(19)14-8-6-13(3)7-9-14/h4-10,12,16-19H,11H2,1-3H3. The van der Waals surface area contributed by atoms with E-state index in [1.165, 1.54) is 5.56 Å². The van der Waals surface area contributed by atoms with Crippen LogP contribution in [0.3, 0.4) is 0 Å². The molecular formula is C17H23NO2. The van der Waals surface area contributed by atoms with Gasteiger partial charge in [-0.05, 0) is 30.5 Å². The SMILES string of the molecule is Cc1ccc(C(O)C(NCc2ccco2)C(C)C)cc1. The second kappa shape index (κ2) is 6.73. The minimum Gasteiger partial charge on any atom is -0.468 e. The van der Waals surface area contributed by atoms with Gasteiger partial charge in [-0.1, -0.05) is 43.7 Å². The monoisotopic (exact) mass is 273 g/mol. The molecule has 1 heterocycles. The lowest BCUT2D eigenvalue weighted by molar-refractivity contribution is 0.103. The van der Waals surface area contributed by atoms with E-state index in [0.29, 0.717) is 12.5 Å². The van der Waals surface area contributed by atoms with Crippen molar-refractivity contribution in [2.75, 3.05) is 0 Å². The van der Waals surface area contributed by atoms with Crippen molar-refractivity contribution in [3.05, 3.63) is 59.5 Å². The lowest BCUT2D eigenvalue weighted by atomic mass is 9.93. The Labute approximate surface area is 120 Å². The molecule has 0 aliphatic heterocycles. The minimum absolute atomic E-state index is 0.0113. The number of hydrogen-bond acceptors (Lipinski definition) is 3. The molecular weight excluding hydrogens is 250 g/mol. The first-order valence-corrected chi connectivity index (χ1v) is 7.08. The Balaban J connectivity index is 2.05.